The van der Waals surface area contributed by atoms with Crippen LogP contribution in [-0.4, -0.2) is 39.1 Å². The summed E-state index contributed by atoms with van der Waals surface area (Å²) in [5.74, 6) is -0.550. The lowest BCUT2D eigenvalue weighted by Crippen LogP contribution is -2.44. The molecule has 0 radical (unpaired) electrons. The predicted molar refractivity (Wildman–Crippen MR) is 70.2 cm³/mol. The van der Waals surface area contributed by atoms with Crippen LogP contribution in [0.1, 0.15) is 25.5 Å². The van der Waals surface area contributed by atoms with Crippen LogP contribution in [-0.2, 0) is 0 Å². The van der Waals surface area contributed by atoms with Gasteiger partial charge in [0.15, 0.2) is 0 Å². The van der Waals surface area contributed by atoms with E-state index >= 15 is 0 Å². The van der Waals surface area contributed by atoms with Gasteiger partial charge < -0.3 is 15.5 Å². The van der Waals surface area contributed by atoms with Crippen LogP contribution in [0.2, 0.25) is 0 Å². The van der Waals surface area contributed by atoms with Gasteiger partial charge in [-0.1, -0.05) is 12.1 Å². The molecule has 1 heterocycles. The van der Waals surface area contributed by atoms with Crippen molar-refractivity contribution >= 4 is 10.9 Å². The molecule has 2 rings (SSSR count). The molecule has 0 aliphatic rings. The molecule has 0 aliphatic heterocycles. The molecule has 0 aliphatic carbocycles. The highest BCUT2D eigenvalue weighted by Gasteiger charge is 2.20. The van der Waals surface area contributed by atoms with Gasteiger partial charge in [-0.15, -0.1) is 0 Å². The lowest BCUT2D eigenvalue weighted by atomic mass is 10.0. The zero-order valence-corrected chi connectivity index (χ0v) is 10.9. The van der Waals surface area contributed by atoms with Crippen LogP contribution in [0.15, 0.2) is 18.2 Å². The van der Waals surface area contributed by atoms with Crippen molar-refractivity contribution in [1.82, 2.24) is 15.5 Å². The van der Waals surface area contributed by atoms with Crippen molar-refractivity contribution in [3.05, 3.63) is 29.7 Å². The number of hydrogen-bond acceptors (Lipinski definition) is 4. The van der Waals surface area contributed by atoms with Crippen LogP contribution >= 0.6 is 0 Å². The highest BCUT2D eigenvalue weighted by Crippen LogP contribution is 2.25. The van der Waals surface area contributed by atoms with E-state index in [0.29, 0.717) is 16.5 Å². The summed E-state index contributed by atoms with van der Waals surface area (Å²) in [6, 6.07) is 5.06. The van der Waals surface area contributed by atoms with Crippen LogP contribution in [0.4, 0.5) is 4.39 Å². The van der Waals surface area contributed by atoms with Gasteiger partial charge >= 0.3 is 0 Å². The molecule has 4 N–H and O–H groups in total. The summed E-state index contributed by atoms with van der Waals surface area (Å²) in [5, 5.41) is 28.7. The quantitative estimate of drug-likeness (QED) is 0.654. The average molecular weight is 267 g/mol. The Kier molecular flexibility index (Phi) is 3.84. The molecule has 6 heteroatoms. The SMILES string of the molecule is CC(C)(CO)NC[C@H](O)c1cccc2n[nH]c(F)c12. The monoisotopic (exact) mass is 267 g/mol. The fraction of sp³-hybridized carbons (Fsp3) is 0.462. The number of benzene rings is 1. The molecule has 0 saturated carbocycles. The molecule has 2 aromatic rings. The number of nitrogens with zero attached hydrogens (tertiary/aromatic N) is 1. The third-order valence-electron chi connectivity index (χ3n) is 3.10. The topological polar surface area (TPSA) is 81.2 Å². The van der Waals surface area contributed by atoms with Gasteiger partial charge in [-0.25, -0.2) is 0 Å². The van der Waals surface area contributed by atoms with E-state index in [9.17, 15) is 9.50 Å². The van der Waals surface area contributed by atoms with Gasteiger partial charge in [-0.3, -0.25) is 5.10 Å². The van der Waals surface area contributed by atoms with Crippen LogP contribution in [0.5, 0.6) is 0 Å². The Bertz CT molecular complexity index is 568. The first-order valence-corrected chi connectivity index (χ1v) is 6.11. The van der Waals surface area contributed by atoms with Crippen molar-refractivity contribution in [3.63, 3.8) is 0 Å². The standard InChI is InChI=1S/C13H18FN3O2/c1-13(2,7-18)15-6-10(19)8-4-3-5-9-11(8)12(14)17-16-9/h3-5,10,15,18-19H,6-7H2,1-2H3,(H,16,17)/t10-/m0/s1. The maximum Gasteiger partial charge on any atom is 0.217 e. The third-order valence-corrected chi connectivity index (χ3v) is 3.10. The van der Waals surface area contributed by atoms with Gasteiger partial charge in [0.2, 0.25) is 5.95 Å². The second-order valence-corrected chi connectivity index (χ2v) is 5.22. The van der Waals surface area contributed by atoms with Gasteiger partial charge in [0.25, 0.3) is 0 Å². The van der Waals surface area contributed by atoms with Crippen LogP contribution < -0.4 is 5.32 Å². The minimum atomic E-state index is -0.873. The molecule has 0 amide bonds. The number of aromatic nitrogens is 2. The van der Waals surface area contributed by atoms with Gasteiger partial charge in [0, 0.05) is 12.1 Å². The third kappa shape index (κ3) is 2.91. The summed E-state index contributed by atoms with van der Waals surface area (Å²) in [7, 11) is 0. The summed E-state index contributed by atoms with van der Waals surface area (Å²) >= 11 is 0. The largest absolute Gasteiger partial charge is 0.394 e. The molecule has 1 aromatic carbocycles. The van der Waals surface area contributed by atoms with E-state index in [0.717, 1.165) is 0 Å². The number of aliphatic hydroxyl groups is 2. The van der Waals surface area contributed by atoms with E-state index in [4.69, 9.17) is 5.11 Å². The first-order valence-electron chi connectivity index (χ1n) is 6.11. The zero-order valence-electron chi connectivity index (χ0n) is 10.9. The second kappa shape index (κ2) is 5.24. The normalized spacial score (nSPS) is 13.9. The van der Waals surface area contributed by atoms with Crippen LogP contribution in [0.25, 0.3) is 10.9 Å². The Morgan fingerprint density at radius 1 is 1.47 bits per heavy atom. The number of H-pyrrole nitrogens is 1. The van der Waals surface area contributed by atoms with Crippen molar-refractivity contribution in [3.8, 4) is 0 Å². The van der Waals surface area contributed by atoms with Crippen LogP contribution in [0, 0.1) is 5.95 Å². The number of halogens is 1. The van der Waals surface area contributed by atoms with E-state index in [-0.39, 0.29) is 13.2 Å². The van der Waals surface area contributed by atoms with E-state index in [1.165, 1.54) is 0 Å². The minimum Gasteiger partial charge on any atom is -0.394 e. The molecular weight excluding hydrogens is 249 g/mol. The van der Waals surface area contributed by atoms with E-state index < -0.39 is 17.6 Å². The predicted octanol–water partition coefficient (Wildman–Crippen LogP) is 1.10. The smallest absolute Gasteiger partial charge is 0.217 e. The van der Waals surface area contributed by atoms with Crippen molar-refractivity contribution in [1.29, 1.82) is 0 Å². The maximum absolute atomic E-state index is 13.6. The second-order valence-electron chi connectivity index (χ2n) is 5.22. The summed E-state index contributed by atoms with van der Waals surface area (Å²) in [6.45, 7) is 3.80. The van der Waals surface area contributed by atoms with Crippen molar-refractivity contribution in [2.45, 2.75) is 25.5 Å². The fourth-order valence-electron chi connectivity index (χ4n) is 1.87. The zero-order chi connectivity index (χ0) is 14.0. The molecule has 0 spiro atoms. The number of aliphatic hydroxyl groups excluding tert-OH is 2. The van der Waals surface area contributed by atoms with Crippen molar-refractivity contribution in [2.75, 3.05) is 13.2 Å². The molecule has 5 nitrogen and oxygen atoms in total. The van der Waals surface area contributed by atoms with Crippen molar-refractivity contribution < 1.29 is 14.6 Å². The van der Waals surface area contributed by atoms with E-state index in [1.807, 2.05) is 13.8 Å². The minimum absolute atomic E-state index is 0.0516. The number of rotatable bonds is 5. The molecule has 0 bridgehead atoms. The number of nitrogens with one attached hydrogen (secondary N) is 2. The van der Waals surface area contributed by atoms with Gasteiger partial charge in [0.05, 0.1) is 23.6 Å². The molecule has 1 atom stereocenters. The van der Waals surface area contributed by atoms with Gasteiger partial charge in [0.1, 0.15) is 0 Å². The molecule has 1 aromatic heterocycles. The number of β-amino-alcohol motifs (C(OH)–C–C–N with tert-alkyl or cyclic N) is 1. The lowest BCUT2D eigenvalue weighted by molar-refractivity contribution is 0.137. The number of fused-ring (bicyclic) bond motifs is 1. The highest BCUT2D eigenvalue weighted by molar-refractivity contribution is 5.82. The summed E-state index contributed by atoms with van der Waals surface area (Å²) in [4.78, 5) is 0. The summed E-state index contributed by atoms with van der Waals surface area (Å²) < 4.78 is 13.6. The number of hydrogen-bond donors (Lipinski definition) is 4. The molecule has 104 valence electrons. The summed E-state index contributed by atoms with van der Waals surface area (Å²) in [6.07, 6.45) is -0.873. The Balaban J connectivity index is 2.22. The average Bonchev–Trinajstić information content (AvgIpc) is 2.78. The first kappa shape index (κ1) is 13.9. The lowest BCUT2D eigenvalue weighted by Gasteiger charge is -2.25. The molecule has 0 fully saturated rings. The Hall–Kier alpha value is -1.50. The Morgan fingerprint density at radius 3 is 2.89 bits per heavy atom. The molecule has 0 unspecified atom stereocenters. The van der Waals surface area contributed by atoms with E-state index in [2.05, 4.69) is 15.5 Å². The van der Waals surface area contributed by atoms with Gasteiger partial charge in [-0.2, -0.15) is 9.49 Å². The molecule has 19 heavy (non-hydrogen) atoms. The Morgan fingerprint density at radius 2 is 2.21 bits per heavy atom. The van der Waals surface area contributed by atoms with E-state index in [1.54, 1.807) is 18.2 Å². The maximum atomic E-state index is 13.6. The molecule has 0 saturated heterocycles. The summed E-state index contributed by atoms with van der Waals surface area (Å²) in [5.41, 5.74) is 0.463. The van der Waals surface area contributed by atoms with Crippen LogP contribution in [0.3, 0.4) is 0 Å². The highest BCUT2D eigenvalue weighted by atomic mass is 19.1. The van der Waals surface area contributed by atoms with Gasteiger partial charge in [-0.05, 0) is 25.5 Å². The molecular formula is C13H18FN3O2. The fourth-order valence-corrected chi connectivity index (χ4v) is 1.87. The Labute approximate surface area is 110 Å². The first-order chi connectivity index (χ1) is 8.94. The van der Waals surface area contributed by atoms with Crippen molar-refractivity contribution in [2.24, 2.45) is 0 Å². The number of aromatic amines is 1.